The zero-order valence-corrected chi connectivity index (χ0v) is 12.4. The number of anilines is 1. The van der Waals surface area contributed by atoms with Gasteiger partial charge in [-0.1, -0.05) is 35.0 Å². The molecule has 1 amide bonds. The summed E-state index contributed by atoms with van der Waals surface area (Å²) in [6, 6.07) is 6.10. The Morgan fingerprint density at radius 2 is 2.15 bits per heavy atom. The van der Waals surface area contributed by atoms with E-state index in [9.17, 15) is 9.59 Å². The zero-order chi connectivity index (χ0) is 14.5. The van der Waals surface area contributed by atoms with E-state index >= 15 is 0 Å². The molecule has 2 aromatic rings. The van der Waals surface area contributed by atoms with Crippen molar-refractivity contribution in [3.05, 3.63) is 50.9 Å². The molecule has 8 heteroatoms. The molecule has 1 aromatic heterocycles. The standard InChI is InChI=1S/C12H9Cl2N3O2S/c13-7-1-2-9(8(14)5-7)16-11(19)6-20-12-15-4-3-10(18)17-12/h1-5H,6H2,(H,16,19)(H,15,17,18). The summed E-state index contributed by atoms with van der Waals surface area (Å²) in [6.45, 7) is 0. The molecule has 0 aliphatic carbocycles. The van der Waals surface area contributed by atoms with Crippen molar-refractivity contribution in [2.75, 3.05) is 11.1 Å². The number of carbonyl (C=O) groups excluding carboxylic acids is 1. The number of amides is 1. The van der Waals surface area contributed by atoms with E-state index in [2.05, 4.69) is 15.3 Å². The Morgan fingerprint density at radius 1 is 1.35 bits per heavy atom. The number of aromatic amines is 1. The Bertz CT molecular complexity index is 690. The van der Waals surface area contributed by atoms with Crippen LogP contribution in [0.1, 0.15) is 0 Å². The molecule has 2 rings (SSSR count). The van der Waals surface area contributed by atoms with Crippen LogP contribution in [0.15, 0.2) is 40.4 Å². The van der Waals surface area contributed by atoms with Gasteiger partial charge in [-0.3, -0.25) is 9.59 Å². The number of halogens is 2. The predicted octanol–water partition coefficient (Wildman–Crippen LogP) is 2.81. The summed E-state index contributed by atoms with van der Waals surface area (Å²) in [5.74, 6) is -0.156. The smallest absolute Gasteiger partial charge is 0.251 e. The SMILES string of the molecule is O=C(CSc1nccc(=O)[nH]1)Nc1ccc(Cl)cc1Cl. The first-order valence-corrected chi connectivity index (χ1v) is 7.22. The second-order valence-electron chi connectivity index (χ2n) is 3.70. The van der Waals surface area contributed by atoms with Crippen LogP contribution in [0.3, 0.4) is 0 Å². The summed E-state index contributed by atoms with van der Waals surface area (Å²) in [5.41, 5.74) is 0.222. The maximum absolute atomic E-state index is 11.8. The first-order valence-electron chi connectivity index (χ1n) is 5.47. The van der Waals surface area contributed by atoms with Gasteiger partial charge in [0.05, 0.1) is 16.5 Å². The van der Waals surface area contributed by atoms with Crippen LogP contribution in [0.4, 0.5) is 5.69 Å². The van der Waals surface area contributed by atoms with Crippen molar-refractivity contribution in [1.29, 1.82) is 0 Å². The lowest BCUT2D eigenvalue weighted by Gasteiger charge is -2.07. The van der Waals surface area contributed by atoms with Crippen molar-refractivity contribution in [3.63, 3.8) is 0 Å². The number of benzene rings is 1. The fraction of sp³-hybridized carbons (Fsp3) is 0.0833. The van der Waals surface area contributed by atoms with E-state index in [1.165, 1.54) is 12.3 Å². The number of thioether (sulfide) groups is 1. The van der Waals surface area contributed by atoms with Crippen LogP contribution >= 0.6 is 35.0 Å². The topological polar surface area (TPSA) is 74.8 Å². The van der Waals surface area contributed by atoms with Gasteiger partial charge in [0, 0.05) is 17.3 Å². The van der Waals surface area contributed by atoms with E-state index in [1.807, 2.05) is 0 Å². The summed E-state index contributed by atoms with van der Waals surface area (Å²) in [7, 11) is 0. The lowest BCUT2D eigenvalue weighted by molar-refractivity contribution is -0.113. The van der Waals surface area contributed by atoms with Gasteiger partial charge in [-0.05, 0) is 18.2 Å². The molecule has 104 valence electrons. The van der Waals surface area contributed by atoms with E-state index in [0.717, 1.165) is 11.8 Å². The van der Waals surface area contributed by atoms with Crippen molar-refractivity contribution in [2.45, 2.75) is 5.16 Å². The molecule has 5 nitrogen and oxygen atoms in total. The van der Waals surface area contributed by atoms with Gasteiger partial charge in [0.25, 0.3) is 5.56 Å². The van der Waals surface area contributed by atoms with E-state index < -0.39 is 0 Å². The number of carbonyl (C=O) groups is 1. The average Bonchev–Trinajstić information content (AvgIpc) is 2.40. The second-order valence-corrected chi connectivity index (χ2v) is 5.51. The van der Waals surface area contributed by atoms with Crippen molar-refractivity contribution in [1.82, 2.24) is 9.97 Å². The Hall–Kier alpha value is -1.50. The van der Waals surface area contributed by atoms with Crippen molar-refractivity contribution in [3.8, 4) is 0 Å². The number of H-pyrrole nitrogens is 1. The van der Waals surface area contributed by atoms with Gasteiger partial charge in [-0.25, -0.2) is 4.98 Å². The molecule has 0 saturated carbocycles. The minimum Gasteiger partial charge on any atom is -0.324 e. The molecule has 0 saturated heterocycles. The van der Waals surface area contributed by atoms with Crippen LogP contribution in [0.25, 0.3) is 0 Å². The fourth-order valence-electron chi connectivity index (χ4n) is 1.34. The van der Waals surface area contributed by atoms with Gasteiger partial charge < -0.3 is 10.3 Å². The van der Waals surface area contributed by atoms with E-state index in [1.54, 1.807) is 18.2 Å². The number of rotatable bonds is 4. The average molecular weight is 330 g/mol. The number of hydrogen-bond acceptors (Lipinski definition) is 4. The highest BCUT2D eigenvalue weighted by molar-refractivity contribution is 7.99. The highest BCUT2D eigenvalue weighted by atomic mass is 35.5. The lowest BCUT2D eigenvalue weighted by atomic mass is 10.3. The van der Waals surface area contributed by atoms with Crippen LogP contribution in [-0.2, 0) is 4.79 Å². The van der Waals surface area contributed by atoms with Crippen molar-refractivity contribution >= 4 is 46.6 Å². The molecule has 1 aromatic carbocycles. The number of nitrogens with zero attached hydrogens (tertiary/aromatic N) is 1. The first-order chi connectivity index (χ1) is 9.54. The van der Waals surface area contributed by atoms with Gasteiger partial charge in [0.15, 0.2) is 5.16 Å². The Kier molecular flexibility index (Phi) is 5.05. The molecule has 0 unspecified atom stereocenters. The molecule has 0 fully saturated rings. The largest absolute Gasteiger partial charge is 0.324 e. The van der Waals surface area contributed by atoms with Crippen molar-refractivity contribution in [2.24, 2.45) is 0 Å². The van der Waals surface area contributed by atoms with Crippen LogP contribution in [-0.4, -0.2) is 21.6 Å². The Morgan fingerprint density at radius 3 is 2.85 bits per heavy atom. The Labute approximate surface area is 128 Å². The van der Waals surface area contributed by atoms with E-state index in [4.69, 9.17) is 23.2 Å². The van der Waals surface area contributed by atoms with Gasteiger partial charge in [0.1, 0.15) is 0 Å². The summed E-state index contributed by atoms with van der Waals surface area (Å²) in [4.78, 5) is 29.3. The quantitative estimate of drug-likeness (QED) is 0.668. The summed E-state index contributed by atoms with van der Waals surface area (Å²) < 4.78 is 0. The molecule has 0 spiro atoms. The molecule has 0 radical (unpaired) electrons. The molecule has 0 atom stereocenters. The van der Waals surface area contributed by atoms with E-state index in [-0.39, 0.29) is 17.2 Å². The first kappa shape index (κ1) is 14.9. The molecule has 20 heavy (non-hydrogen) atoms. The molecule has 0 bridgehead atoms. The molecule has 1 heterocycles. The van der Waals surface area contributed by atoms with Crippen LogP contribution in [0.5, 0.6) is 0 Å². The van der Waals surface area contributed by atoms with Gasteiger partial charge in [0.2, 0.25) is 5.91 Å². The predicted molar refractivity (Wildman–Crippen MR) is 80.7 cm³/mol. The fourth-order valence-corrected chi connectivity index (χ4v) is 2.44. The normalized spacial score (nSPS) is 10.3. The number of nitrogens with one attached hydrogen (secondary N) is 2. The third-order valence-corrected chi connectivity index (χ3v) is 3.63. The molecular weight excluding hydrogens is 321 g/mol. The highest BCUT2D eigenvalue weighted by Gasteiger charge is 2.08. The number of hydrogen-bond donors (Lipinski definition) is 2. The molecular formula is C12H9Cl2N3O2S. The maximum Gasteiger partial charge on any atom is 0.251 e. The zero-order valence-electron chi connectivity index (χ0n) is 10.0. The summed E-state index contributed by atoms with van der Waals surface area (Å²) >= 11 is 12.8. The highest BCUT2D eigenvalue weighted by Crippen LogP contribution is 2.25. The van der Waals surface area contributed by atoms with Crippen LogP contribution in [0.2, 0.25) is 10.0 Å². The maximum atomic E-state index is 11.8. The third-order valence-electron chi connectivity index (χ3n) is 2.19. The van der Waals surface area contributed by atoms with Gasteiger partial charge in [-0.2, -0.15) is 0 Å². The third kappa shape index (κ3) is 4.26. The Balaban J connectivity index is 1.94. The van der Waals surface area contributed by atoms with Gasteiger partial charge in [-0.15, -0.1) is 0 Å². The minimum atomic E-state index is -0.261. The summed E-state index contributed by atoms with van der Waals surface area (Å²) in [6.07, 6.45) is 1.38. The van der Waals surface area contributed by atoms with Gasteiger partial charge >= 0.3 is 0 Å². The second kappa shape index (κ2) is 6.78. The monoisotopic (exact) mass is 329 g/mol. The minimum absolute atomic E-state index is 0.103. The number of aromatic nitrogens is 2. The molecule has 0 aliphatic heterocycles. The van der Waals surface area contributed by atoms with Crippen LogP contribution in [0, 0.1) is 0 Å². The van der Waals surface area contributed by atoms with Crippen molar-refractivity contribution < 1.29 is 4.79 Å². The molecule has 2 N–H and O–H groups in total. The summed E-state index contributed by atoms with van der Waals surface area (Å²) in [5, 5.41) is 3.89. The van der Waals surface area contributed by atoms with E-state index in [0.29, 0.717) is 20.9 Å². The van der Waals surface area contributed by atoms with Crippen LogP contribution < -0.4 is 10.9 Å². The molecule has 0 aliphatic rings. The lowest BCUT2D eigenvalue weighted by Crippen LogP contribution is -2.15.